The summed E-state index contributed by atoms with van der Waals surface area (Å²) < 4.78 is 4.86. The molecule has 0 heterocycles. The Bertz CT molecular complexity index is 469. The third-order valence-corrected chi connectivity index (χ3v) is 3.04. The van der Waals surface area contributed by atoms with Gasteiger partial charge in [-0.15, -0.1) is 0 Å². The first-order chi connectivity index (χ1) is 9.31. The highest BCUT2D eigenvalue weighted by Gasteiger charge is 2.26. The van der Waals surface area contributed by atoms with Crippen molar-refractivity contribution >= 4 is 12.0 Å². The molecule has 2 atom stereocenters. The molecule has 110 valence electrons. The lowest BCUT2D eigenvalue weighted by Crippen LogP contribution is -2.42. The van der Waals surface area contributed by atoms with E-state index in [9.17, 15) is 9.59 Å². The first-order valence-corrected chi connectivity index (χ1v) is 6.64. The molecule has 2 unspecified atom stereocenters. The number of amides is 2. The summed E-state index contributed by atoms with van der Waals surface area (Å²) in [6.07, 6.45) is -1.82. The molecule has 0 spiro atoms. The van der Waals surface area contributed by atoms with Crippen LogP contribution in [0.2, 0.25) is 0 Å². The molecule has 5 heteroatoms. The van der Waals surface area contributed by atoms with Crippen LogP contribution in [-0.2, 0) is 9.53 Å². The van der Waals surface area contributed by atoms with Crippen molar-refractivity contribution in [1.29, 1.82) is 0 Å². The number of primary amides is 1. The molecule has 2 amide bonds. The second-order valence-corrected chi connectivity index (χ2v) is 5.24. The van der Waals surface area contributed by atoms with Crippen LogP contribution in [0.5, 0.6) is 0 Å². The molecule has 0 bridgehead atoms. The van der Waals surface area contributed by atoms with Gasteiger partial charge in [-0.3, -0.25) is 4.79 Å². The van der Waals surface area contributed by atoms with Crippen LogP contribution in [-0.4, -0.2) is 18.1 Å². The number of aryl methyl sites for hydroxylation is 1. The number of nitrogens with one attached hydrogen (secondary N) is 1. The van der Waals surface area contributed by atoms with Crippen LogP contribution in [0, 0.1) is 12.8 Å². The van der Waals surface area contributed by atoms with Crippen LogP contribution in [0.15, 0.2) is 24.3 Å². The molecule has 1 aromatic rings. The van der Waals surface area contributed by atoms with Crippen molar-refractivity contribution in [2.45, 2.75) is 39.8 Å². The third kappa shape index (κ3) is 4.57. The van der Waals surface area contributed by atoms with Crippen LogP contribution in [0.1, 0.15) is 37.9 Å². The molecule has 0 aliphatic heterocycles. The number of hydrogen-bond donors (Lipinski definition) is 2. The van der Waals surface area contributed by atoms with Crippen molar-refractivity contribution in [1.82, 2.24) is 5.32 Å². The minimum Gasteiger partial charge on any atom is -0.436 e. The van der Waals surface area contributed by atoms with Crippen LogP contribution in [0.25, 0.3) is 0 Å². The zero-order chi connectivity index (χ0) is 15.3. The van der Waals surface area contributed by atoms with E-state index < -0.39 is 12.2 Å². The van der Waals surface area contributed by atoms with E-state index in [2.05, 4.69) is 5.32 Å². The summed E-state index contributed by atoms with van der Waals surface area (Å²) in [5.74, 6) is -0.486. The lowest BCUT2D eigenvalue weighted by atomic mass is 10.0. The summed E-state index contributed by atoms with van der Waals surface area (Å²) in [6.45, 7) is 7.47. The summed E-state index contributed by atoms with van der Waals surface area (Å²) in [4.78, 5) is 23.0. The van der Waals surface area contributed by atoms with Crippen LogP contribution in [0.3, 0.4) is 0 Å². The average molecular weight is 278 g/mol. The second-order valence-electron chi connectivity index (χ2n) is 5.24. The van der Waals surface area contributed by atoms with Gasteiger partial charge in [-0.25, -0.2) is 4.79 Å². The van der Waals surface area contributed by atoms with Crippen LogP contribution in [0.4, 0.5) is 4.79 Å². The van der Waals surface area contributed by atoms with Gasteiger partial charge in [0.25, 0.3) is 5.91 Å². The van der Waals surface area contributed by atoms with E-state index in [1.54, 1.807) is 13.8 Å². The van der Waals surface area contributed by atoms with Gasteiger partial charge >= 0.3 is 6.09 Å². The van der Waals surface area contributed by atoms with Gasteiger partial charge in [0.1, 0.15) is 0 Å². The predicted octanol–water partition coefficient (Wildman–Crippen LogP) is 2.29. The van der Waals surface area contributed by atoms with Gasteiger partial charge in [0.2, 0.25) is 0 Å². The molecule has 0 fully saturated rings. The number of hydrogen-bond acceptors (Lipinski definition) is 3. The van der Waals surface area contributed by atoms with Gasteiger partial charge in [-0.1, -0.05) is 43.7 Å². The molecule has 3 N–H and O–H groups in total. The molecule has 5 nitrogen and oxygen atoms in total. The summed E-state index contributed by atoms with van der Waals surface area (Å²) in [6, 6.07) is 7.72. The van der Waals surface area contributed by atoms with E-state index in [0.717, 1.165) is 11.1 Å². The number of benzene rings is 1. The summed E-state index contributed by atoms with van der Waals surface area (Å²) >= 11 is 0. The zero-order valence-corrected chi connectivity index (χ0v) is 12.3. The minimum absolute atomic E-state index is 0.146. The van der Waals surface area contributed by atoms with E-state index in [1.165, 1.54) is 0 Å². The SMILES string of the molecule is Cc1ccc(C(C)NC(=O)C(OC(N)=O)C(C)C)cc1. The maximum absolute atomic E-state index is 12.1. The van der Waals surface area contributed by atoms with Gasteiger partial charge in [0, 0.05) is 0 Å². The molecule has 0 aromatic heterocycles. The second kappa shape index (κ2) is 6.93. The fourth-order valence-electron chi connectivity index (χ4n) is 1.85. The molecule has 0 saturated carbocycles. The third-order valence-electron chi connectivity index (χ3n) is 3.04. The van der Waals surface area contributed by atoms with Crippen molar-refractivity contribution in [3.63, 3.8) is 0 Å². The molecule has 0 aliphatic rings. The Balaban J connectivity index is 2.72. The Labute approximate surface area is 119 Å². The van der Waals surface area contributed by atoms with E-state index in [4.69, 9.17) is 10.5 Å². The number of carbonyl (C=O) groups is 2. The highest BCUT2D eigenvalue weighted by atomic mass is 16.6. The highest BCUT2D eigenvalue weighted by Crippen LogP contribution is 2.15. The van der Waals surface area contributed by atoms with Gasteiger partial charge in [0.15, 0.2) is 6.10 Å². The quantitative estimate of drug-likeness (QED) is 0.867. The average Bonchev–Trinajstić information content (AvgIpc) is 2.35. The summed E-state index contributed by atoms with van der Waals surface area (Å²) in [5.41, 5.74) is 7.13. The first-order valence-electron chi connectivity index (χ1n) is 6.64. The number of nitrogens with two attached hydrogens (primary N) is 1. The molecule has 0 aliphatic carbocycles. The van der Waals surface area contributed by atoms with Crippen LogP contribution >= 0.6 is 0 Å². The summed E-state index contributed by atoms with van der Waals surface area (Å²) in [5, 5.41) is 2.83. The Hall–Kier alpha value is -2.04. The van der Waals surface area contributed by atoms with E-state index in [1.807, 2.05) is 38.1 Å². The lowest BCUT2D eigenvalue weighted by molar-refractivity contribution is -0.132. The van der Waals surface area contributed by atoms with Gasteiger partial charge in [-0.05, 0) is 25.3 Å². The molecular formula is C15H22N2O3. The molecule has 0 radical (unpaired) electrons. The largest absolute Gasteiger partial charge is 0.436 e. The Morgan fingerprint density at radius 1 is 1.15 bits per heavy atom. The van der Waals surface area contributed by atoms with Gasteiger partial charge in [0.05, 0.1) is 6.04 Å². The molecule has 0 saturated heterocycles. The van der Waals surface area contributed by atoms with Gasteiger partial charge in [-0.2, -0.15) is 0 Å². The van der Waals surface area contributed by atoms with E-state index in [-0.39, 0.29) is 17.9 Å². The molecule has 1 rings (SSSR count). The monoisotopic (exact) mass is 278 g/mol. The Morgan fingerprint density at radius 2 is 1.70 bits per heavy atom. The van der Waals surface area contributed by atoms with Crippen molar-refractivity contribution in [2.75, 3.05) is 0 Å². The van der Waals surface area contributed by atoms with Crippen molar-refractivity contribution < 1.29 is 14.3 Å². The van der Waals surface area contributed by atoms with Crippen molar-refractivity contribution in [3.8, 4) is 0 Å². The molecule has 20 heavy (non-hydrogen) atoms. The topological polar surface area (TPSA) is 81.4 Å². The predicted molar refractivity (Wildman–Crippen MR) is 77.0 cm³/mol. The standard InChI is InChI=1S/C15H22N2O3/c1-9(2)13(20-15(16)19)14(18)17-11(4)12-7-5-10(3)6-8-12/h5-9,11,13H,1-4H3,(H2,16,19)(H,17,18). The smallest absolute Gasteiger partial charge is 0.405 e. The fourth-order valence-corrected chi connectivity index (χ4v) is 1.85. The Morgan fingerprint density at radius 3 is 2.15 bits per heavy atom. The number of carbonyl (C=O) groups excluding carboxylic acids is 2. The zero-order valence-electron chi connectivity index (χ0n) is 12.3. The fraction of sp³-hybridized carbons (Fsp3) is 0.467. The van der Waals surface area contributed by atoms with E-state index >= 15 is 0 Å². The van der Waals surface area contributed by atoms with Crippen LogP contribution < -0.4 is 11.1 Å². The minimum atomic E-state index is -0.943. The van der Waals surface area contributed by atoms with E-state index in [0.29, 0.717) is 0 Å². The highest BCUT2D eigenvalue weighted by molar-refractivity contribution is 5.83. The van der Waals surface area contributed by atoms with Gasteiger partial charge < -0.3 is 15.8 Å². The lowest BCUT2D eigenvalue weighted by Gasteiger charge is -2.22. The molecule has 1 aromatic carbocycles. The Kier molecular flexibility index (Phi) is 5.55. The number of ether oxygens (including phenoxy) is 1. The van der Waals surface area contributed by atoms with Crippen molar-refractivity contribution in [3.05, 3.63) is 35.4 Å². The van der Waals surface area contributed by atoms with Crippen molar-refractivity contribution in [2.24, 2.45) is 11.7 Å². The number of rotatable bonds is 5. The maximum Gasteiger partial charge on any atom is 0.405 e. The molecular weight excluding hydrogens is 256 g/mol. The normalized spacial score (nSPS) is 13.7. The first kappa shape index (κ1) is 16.0. The maximum atomic E-state index is 12.1. The summed E-state index contributed by atoms with van der Waals surface area (Å²) in [7, 11) is 0.